The van der Waals surface area contributed by atoms with Crippen LogP contribution in [-0.4, -0.2) is 41.1 Å². The molecule has 0 unspecified atom stereocenters. The minimum Gasteiger partial charge on any atom is -0.481 e. The van der Waals surface area contributed by atoms with Gasteiger partial charge in [0, 0.05) is 42.0 Å². The van der Waals surface area contributed by atoms with Crippen LogP contribution in [-0.2, 0) is 25.3 Å². The Balaban J connectivity index is 0.000000712. The molecule has 3 aromatic carbocycles. The molecule has 6 aromatic rings. The van der Waals surface area contributed by atoms with Crippen molar-refractivity contribution in [3.05, 3.63) is 93.4 Å². The Kier molecular flexibility index (Phi) is 8.49. The number of halogens is 1. The molecule has 0 aliphatic carbocycles. The summed E-state index contributed by atoms with van der Waals surface area (Å²) in [6.45, 7) is 7.15. The highest BCUT2D eigenvalue weighted by Crippen LogP contribution is 2.41. The van der Waals surface area contributed by atoms with E-state index in [-0.39, 0.29) is 12.0 Å². The molecule has 8 nitrogen and oxygen atoms in total. The fourth-order valence-corrected chi connectivity index (χ4v) is 6.26. The van der Waals surface area contributed by atoms with Crippen LogP contribution >= 0.6 is 22.9 Å². The number of aliphatic carboxylic acids is 1. The van der Waals surface area contributed by atoms with Crippen molar-refractivity contribution >= 4 is 50.0 Å². The lowest BCUT2D eigenvalue weighted by Crippen LogP contribution is -2.16. The maximum atomic E-state index is 12.7. The summed E-state index contributed by atoms with van der Waals surface area (Å²) in [5.74, 6) is -0.888. The van der Waals surface area contributed by atoms with Gasteiger partial charge in [0.2, 0.25) is 0 Å². The first-order chi connectivity index (χ1) is 20.7. The molecule has 3 aromatic heterocycles. The standard InChI is InChI=1S/C30H23ClN4O3S.C4H10O/c1-16-12-24-28(27(21(16)15-26(36)37)17-4-7-20(31)8-5-17)39-29(33-24)19-10-11-32-23(14-19)18-6-9-25-22(13-18)30(38)35(3)34(25)2;1-4(2,3)5/h4-14H,15H2,1-3H3,(H,36,37);5H,1-3H3. The van der Waals surface area contributed by atoms with Gasteiger partial charge in [0.15, 0.2) is 0 Å². The number of thiazole rings is 1. The number of carboxylic acids is 1. The largest absolute Gasteiger partial charge is 0.481 e. The van der Waals surface area contributed by atoms with Gasteiger partial charge in [0.1, 0.15) is 5.01 Å². The summed E-state index contributed by atoms with van der Waals surface area (Å²) < 4.78 is 4.32. The number of aliphatic hydroxyl groups is 1. The fraction of sp³-hybridized carbons (Fsp3) is 0.235. The SMILES string of the molecule is CC(C)(C)O.Cc1cc2nc(-c3ccnc(-c4ccc5c(c4)c(=O)n(C)n5C)c3)sc2c(-c2ccc(Cl)cc2)c1CC(=O)O. The Morgan fingerprint density at radius 1 is 0.955 bits per heavy atom. The van der Waals surface area contributed by atoms with E-state index in [1.165, 1.54) is 11.3 Å². The highest BCUT2D eigenvalue weighted by Gasteiger charge is 2.20. The number of rotatable bonds is 5. The van der Waals surface area contributed by atoms with Crippen molar-refractivity contribution in [1.29, 1.82) is 0 Å². The molecule has 2 N–H and O–H groups in total. The molecule has 3 heterocycles. The maximum Gasteiger partial charge on any atom is 0.307 e. The molecule has 0 bridgehead atoms. The van der Waals surface area contributed by atoms with Gasteiger partial charge in [-0.1, -0.05) is 29.8 Å². The highest BCUT2D eigenvalue weighted by atomic mass is 35.5. The van der Waals surface area contributed by atoms with Crippen LogP contribution in [0, 0.1) is 6.92 Å². The predicted octanol–water partition coefficient (Wildman–Crippen LogP) is 7.25. The van der Waals surface area contributed by atoms with Gasteiger partial charge in [-0.25, -0.2) is 4.98 Å². The Morgan fingerprint density at radius 2 is 1.61 bits per heavy atom. The van der Waals surface area contributed by atoms with E-state index >= 15 is 0 Å². The van der Waals surface area contributed by atoms with Crippen LogP contribution in [0.4, 0.5) is 0 Å². The van der Waals surface area contributed by atoms with E-state index in [0.29, 0.717) is 10.4 Å². The van der Waals surface area contributed by atoms with Gasteiger partial charge in [0.05, 0.1) is 38.8 Å². The lowest BCUT2D eigenvalue weighted by Gasteiger charge is -2.13. The smallest absolute Gasteiger partial charge is 0.307 e. The van der Waals surface area contributed by atoms with Crippen LogP contribution < -0.4 is 5.56 Å². The van der Waals surface area contributed by atoms with Gasteiger partial charge in [-0.05, 0) is 86.8 Å². The van der Waals surface area contributed by atoms with E-state index < -0.39 is 11.6 Å². The van der Waals surface area contributed by atoms with Gasteiger partial charge >= 0.3 is 5.97 Å². The predicted molar refractivity (Wildman–Crippen MR) is 178 cm³/mol. The molecular formula is C34H33ClN4O4S. The molecular weight excluding hydrogens is 596 g/mol. The van der Waals surface area contributed by atoms with Crippen molar-refractivity contribution in [2.45, 2.75) is 39.7 Å². The Morgan fingerprint density at radius 3 is 2.27 bits per heavy atom. The molecule has 0 radical (unpaired) electrons. The number of hydrogen-bond donors (Lipinski definition) is 2. The molecule has 0 saturated heterocycles. The molecule has 0 saturated carbocycles. The van der Waals surface area contributed by atoms with Crippen molar-refractivity contribution in [2.75, 3.05) is 0 Å². The number of carboxylic acid groups (broad SMARTS) is 1. The van der Waals surface area contributed by atoms with E-state index in [9.17, 15) is 14.7 Å². The summed E-state index contributed by atoms with van der Waals surface area (Å²) in [5.41, 5.74) is 6.98. The topological polar surface area (TPSA) is 110 Å². The molecule has 0 fully saturated rings. The van der Waals surface area contributed by atoms with Gasteiger partial charge in [0.25, 0.3) is 5.56 Å². The van der Waals surface area contributed by atoms with Crippen LogP contribution in [0.1, 0.15) is 31.9 Å². The minimum atomic E-state index is -0.888. The average Bonchev–Trinajstić information content (AvgIpc) is 3.47. The van der Waals surface area contributed by atoms with Crippen molar-refractivity contribution < 1.29 is 15.0 Å². The summed E-state index contributed by atoms with van der Waals surface area (Å²) in [4.78, 5) is 33.9. The summed E-state index contributed by atoms with van der Waals surface area (Å²) in [5, 5.41) is 20.2. The quantitative estimate of drug-likeness (QED) is 0.208. The molecule has 6 rings (SSSR count). The van der Waals surface area contributed by atoms with Crippen molar-refractivity contribution in [3.63, 3.8) is 0 Å². The fourth-order valence-electron chi connectivity index (χ4n) is 5.00. The van der Waals surface area contributed by atoms with Crippen molar-refractivity contribution in [1.82, 2.24) is 19.3 Å². The van der Waals surface area contributed by atoms with Crippen LogP contribution in [0.3, 0.4) is 0 Å². The number of aromatic nitrogens is 4. The molecule has 44 heavy (non-hydrogen) atoms. The second-order valence-electron chi connectivity index (χ2n) is 11.7. The zero-order valence-electron chi connectivity index (χ0n) is 25.3. The summed E-state index contributed by atoms with van der Waals surface area (Å²) in [7, 11) is 3.60. The number of carbonyl (C=O) groups is 1. The first kappa shape index (κ1) is 31.1. The van der Waals surface area contributed by atoms with E-state index in [0.717, 1.165) is 59.8 Å². The molecule has 226 valence electrons. The zero-order chi connectivity index (χ0) is 31.9. The second kappa shape index (κ2) is 12.0. The van der Waals surface area contributed by atoms with Gasteiger partial charge in [-0.3, -0.25) is 23.9 Å². The highest BCUT2D eigenvalue weighted by molar-refractivity contribution is 7.22. The second-order valence-corrected chi connectivity index (χ2v) is 13.1. The third-order valence-corrected chi connectivity index (χ3v) is 8.48. The molecule has 0 aliphatic heterocycles. The maximum absolute atomic E-state index is 12.7. The van der Waals surface area contributed by atoms with E-state index in [4.69, 9.17) is 21.7 Å². The molecule has 0 aliphatic rings. The van der Waals surface area contributed by atoms with E-state index in [1.54, 1.807) is 38.7 Å². The minimum absolute atomic E-state index is 0.0565. The summed E-state index contributed by atoms with van der Waals surface area (Å²) >= 11 is 7.66. The molecule has 0 atom stereocenters. The zero-order valence-corrected chi connectivity index (χ0v) is 26.9. The normalized spacial score (nSPS) is 11.5. The van der Waals surface area contributed by atoms with E-state index in [1.807, 2.05) is 79.3 Å². The van der Waals surface area contributed by atoms with E-state index in [2.05, 4.69) is 4.98 Å². The number of hydrogen-bond acceptors (Lipinski definition) is 6. The van der Waals surface area contributed by atoms with Crippen LogP contribution in [0.25, 0.3) is 54.1 Å². The van der Waals surface area contributed by atoms with Crippen LogP contribution in [0.2, 0.25) is 5.02 Å². The first-order valence-electron chi connectivity index (χ1n) is 14.0. The van der Waals surface area contributed by atoms with Crippen molar-refractivity contribution in [2.24, 2.45) is 14.1 Å². The Labute approximate surface area is 263 Å². The van der Waals surface area contributed by atoms with Gasteiger partial charge in [-0.15, -0.1) is 11.3 Å². The molecule has 10 heteroatoms. The number of fused-ring (bicyclic) bond motifs is 2. The number of pyridine rings is 1. The van der Waals surface area contributed by atoms with Gasteiger partial charge < -0.3 is 10.2 Å². The number of benzene rings is 3. The van der Waals surface area contributed by atoms with Crippen molar-refractivity contribution in [3.8, 4) is 33.0 Å². The summed E-state index contributed by atoms with van der Waals surface area (Å²) in [6.07, 6.45) is 1.65. The average molecular weight is 629 g/mol. The third-order valence-electron chi connectivity index (χ3n) is 7.09. The van der Waals surface area contributed by atoms with Crippen LogP contribution in [0.5, 0.6) is 0 Å². The first-order valence-corrected chi connectivity index (χ1v) is 15.2. The summed E-state index contributed by atoms with van der Waals surface area (Å²) in [6, 6.07) is 19.1. The monoisotopic (exact) mass is 628 g/mol. The molecule has 0 spiro atoms. The van der Waals surface area contributed by atoms with Gasteiger partial charge in [-0.2, -0.15) is 0 Å². The lowest BCUT2D eigenvalue weighted by atomic mass is 9.93. The third kappa shape index (κ3) is 6.45. The lowest BCUT2D eigenvalue weighted by molar-refractivity contribution is -0.136. The Hall–Kier alpha value is -4.31. The molecule has 0 amide bonds. The van der Waals surface area contributed by atoms with Crippen LogP contribution in [0.15, 0.2) is 71.7 Å². The Bertz CT molecular complexity index is 2080. The number of nitrogens with zero attached hydrogens (tertiary/aromatic N) is 4. The number of aryl methyl sites for hydroxylation is 2.